The van der Waals surface area contributed by atoms with Crippen LogP contribution < -0.4 is 11.5 Å². The first-order valence-electron chi connectivity index (χ1n) is 4.11. The topological polar surface area (TPSA) is 64.4 Å². The number of guanidine groups is 1. The smallest absolute Gasteiger partial charge is 0.370 e. The van der Waals surface area contributed by atoms with Crippen molar-refractivity contribution in [3.8, 4) is 0 Å². The summed E-state index contributed by atoms with van der Waals surface area (Å²) in [5.41, 5.74) is 10.1. The molecule has 0 saturated heterocycles. The highest BCUT2D eigenvalue weighted by atomic mass is 127. The highest BCUT2D eigenvalue weighted by molar-refractivity contribution is 14.0. The summed E-state index contributed by atoms with van der Waals surface area (Å²) in [5, 5.41) is 0. The van der Waals surface area contributed by atoms with Crippen molar-refractivity contribution in [2.45, 2.75) is 12.7 Å². The lowest BCUT2D eigenvalue weighted by Crippen LogP contribution is -2.22. The van der Waals surface area contributed by atoms with E-state index in [0.717, 1.165) is 12.1 Å². The van der Waals surface area contributed by atoms with E-state index in [9.17, 15) is 13.2 Å². The molecule has 0 atom stereocenters. The fraction of sp³-hybridized carbons (Fsp3) is 0.222. The molecular formula is C9H11F3IN3. The molecule has 3 nitrogen and oxygen atoms in total. The standard InChI is InChI=1S/C9H10F3N3.HI/c10-9(11,12)7-3-1-6(2-4-7)5-15-8(13)14;/h1-4H,5H2,(H4,13,14,15);1H. The Bertz CT molecular complexity index is 355. The Labute approximate surface area is 108 Å². The number of aliphatic imine (C=N–C) groups is 1. The minimum atomic E-state index is -4.31. The van der Waals surface area contributed by atoms with Crippen molar-refractivity contribution in [1.82, 2.24) is 0 Å². The molecule has 0 aromatic heterocycles. The number of nitrogens with two attached hydrogens (primary N) is 2. The van der Waals surface area contributed by atoms with Crippen molar-refractivity contribution in [1.29, 1.82) is 0 Å². The third kappa shape index (κ3) is 4.69. The maximum absolute atomic E-state index is 12.2. The Morgan fingerprint density at radius 1 is 1.12 bits per heavy atom. The first kappa shape index (κ1) is 15.0. The molecule has 1 aromatic rings. The number of hydrogen-bond donors (Lipinski definition) is 2. The minimum Gasteiger partial charge on any atom is -0.370 e. The molecule has 90 valence electrons. The van der Waals surface area contributed by atoms with Gasteiger partial charge in [-0.2, -0.15) is 13.2 Å². The lowest BCUT2D eigenvalue weighted by atomic mass is 10.1. The van der Waals surface area contributed by atoms with E-state index in [-0.39, 0.29) is 36.5 Å². The van der Waals surface area contributed by atoms with E-state index < -0.39 is 11.7 Å². The van der Waals surface area contributed by atoms with Crippen LogP contribution in [0.2, 0.25) is 0 Å². The fourth-order valence-electron chi connectivity index (χ4n) is 0.982. The van der Waals surface area contributed by atoms with Crippen molar-refractivity contribution in [2.75, 3.05) is 0 Å². The third-order valence-electron chi connectivity index (χ3n) is 1.73. The summed E-state index contributed by atoms with van der Waals surface area (Å²) in [6.07, 6.45) is -4.31. The second-order valence-electron chi connectivity index (χ2n) is 2.94. The molecule has 0 aliphatic rings. The van der Waals surface area contributed by atoms with Crippen LogP contribution in [0.4, 0.5) is 13.2 Å². The number of halogens is 4. The molecule has 0 heterocycles. The van der Waals surface area contributed by atoms with E-state index in [4.69, 9.17) is 11.5 Å². The van der Waals surface area contributed by atoms with Crippen LogP contribution in [-0.4, -0.2) is 5.96 Å². The quantitative estimate of drug-likeness (QED) is 0.490. The lowest BCUT2D eigenvalue weighted by Gasteiger charge is -2.06. The van der Waals surface area contributed by atoms with Gasteiger partial charge in [0.1, 0.15) is 0 Å². The van der Waals surface area contributed by atoms with Crippen LogP contribution >= 0.6 is 24.0 Å². The Morgan fingerprint density at radius 3 is 2.00 bits per heavy atom. The van der Waals surface area contributed by atoms with E-state index >= 15 is 0 Å². The summed E-state index contributed by atoms with van der Waals surface area (Å²) in [4.78, 5) is 3.68. The van der Waals surface area contributed by atoms with Gasteiger partial charge in [-0.05, 0) is 17.7 Å². The fourth-order valence-corrected chi connectivity index (χ4v) is 0.982. The monoisotopic (exact) mass is 345 g/mol. The van der Waals surface area contributed by atoms with Crippen molar-refractivity contribution >= 4 is 29.9 Å². The van der Waals surface area contributed by atoms with Gasteiger partial charge in [0, 0.05) is 0 Å². The Hall–Kier alpha value is -0.990. The van der Waals surface area contributed by atoms with E-state index in [1.165, 1.54) is 12.1 Å². The number of alkyl halides is 3. The number of rotatable bonds is 2. The Kier molecular flexibility index (Phi) is 5.56. The largest absolute Gasteiger partial charge is 0.416 e. The first-order valence-corrected chi connectivity index (χ1v) is 4.11. The van der Waals surface area contributed by atoms with Gasteiger partial charge < -0.3 is 11.5 Å². The van der Waals surface area contributed by atoms with Crippen molar-refractivity contribution in [3.63, 3.8) is 0 Å². The van der Waals surface area contributed by atoms with Gasteiger partial charge in [-0.25, -0.2) is 4.99 Å². The number of benzene rings is 1. The van der Waals surface area contributed by atoms with Crippen LogP contribution in [0.5, 0.6) is 0 Å². The predicted octanol–water partition coefficient (Wildman–Crippen LogP) is 2.10. The maximum Gasteiger partial charge on any atom is 0.416 e. The van der Waals surface area contributed by atoms with Crippen LogP contribution in [0.3, 0.4) is 0 Å². The van der Waals surface area contributed by atoms with Crippen LogP contribution in [0.15, 0.2) is 29.3 Å². The summed E-state index contributed by atoms with van der Waals surface area (Å²) in [5.74, 6) is -0.0881. The highest BCUT2D eigenvalue weighted by Crippen LogP contribution is 2.29. The molecule has 1 aromatic carbocycles. The SMILES string of the molecule is I.NC(N)=NCc1ccc(C(F)(F)F)cc1. The predicted molar refractivity (Wildman–Crippen MR) is 66.4 cm³/mol. The van der Waals surface area contributed by atoms with Gasteiger partial charge in [0.25, 0.3) is 0 Å². The second kappa shape index (κ2) is 5.92. The maximum atomic E-state index is 12.2. The van der Waals surface area contributed by atoms with Gasteiger partial charge in [0.2, 0.25) is 0 Å². The lowest BCUT2D eigenvalue weighted by molar-refractivity contribution is -0.137. The van der Waals surface area contributed by atoms with E-state index in [0.29, 0.717) is 5.56 Å². The van der Waals surface area contributed by atoms with Gasteiger partial charge in [0.15, 0.2) is 5.96 Å². The van der Waals surface area contributed by atoms with Gasteiger partial charge in [0.05, 0.1) is 12.1 Å². The van der Waals surface area contributed by atoms with Crippen molar-refractivity contribution in [2.24, 2.45) is 16.5 Å². The summed E-state index contributed by atoms with van der Waals surface area (Å²) < 4.78 is 36.5. The summed E-state index contributed by atoms with van der Waals surface area (Å²) in [7, 11) is 0. The molecule has 0 radical (unpaired) electrons. The zero-order chi connectivity index (χ0) is 11.5. The van der Waals surface area contributed by atoms with Crippen LogP contribution in [0, 0.1) is 0 Å². The molecule has 0 amide bonds. The van der Waals surface area contributed by atoms with Gasteiger partial charge in [-0.3, -0.25) is 0 Å². The summed E-state index contributed by atoms with van der Waals surface area (Å²) in [6.45, 7) is 0.181. The molecule has 0 bridgehead atoms. The molecule has 0 aliphatic heterocycles. The molecule has 7 heteroatoms. The molecular weight excluding hydrogens is 334 g/mol. The van der Waals surface area contributed by atoms with E-state index in [1.807, 2.05) is 0 Å². The van der Waals surface area contributed by atoms with Gasteiger partial charge in [-0.15, -0.1) is 24.0 Å². The first-order chi connectivity index (χ1) is 6.89. The molecule has 0 aliphatic carbocycles. The van der Waals surface area contributed by atoms with E-state index in [1.54, 1.807) is 0 Å². The highest BCUT2D eigenvalue weighted by Gasteiger charge is 2.29. The zero-order valence-corrected chi connectivity index (χ0v) is 10.5. The average molecular weight is 345 g/mol. The second-order valence-corrected chi connectivity index (χ2v) is 2.94. The molecule has 0 unspecified atom stereocenters. The molecule has 0 saturated carbocycles. The molecule has 0 spiro atoms. The normalized spacial score (nSPS) is 10.4. The van der Waals surface area contributed by atoms with E-state index in [2.05, 4.69) is 4.99 Å². The number of nitrogens with zero attached hydrogens (tertiary/aromatic N) is 1. The molecule has 4 N–H and O–H groups in total. The Morgan fingerprint density at radius 2 is 1.62 bits per heavy atom. The van der Waals surface area contributed by atoms with Crippen LogP contribution in [0.1, 0.15) is 11.1 Å². The summed E-state index contributed by atoms with van der Waals surface area (Å²) in [6, 6.07) is 4.68. The summed E-state index contributed by atoms with van der Waals surface area (Å²) >= 11 is 0. The Balaban J connectivity index is 0.00000225. The van der Waals surface area contributed by atoms with Gasteiger partial charge >= 0.3 is 6.18 Å². The average Bonchev–Trinajstić information content (AvgIpc) is 2.14. The van der Waals surface area contributed by atoms with Crippen molar-refractivity contribution in [3.05, 3.63) is 35.4 Å². The molecule has 1 rings (SSSR count). The molecule has 0 fully saturated rings. The van der Waals surface area contributed by atoms with Gasteiger partial charge in [-0.1, -0.05) is 12.1 Å². The van der Waals surface area contributed by atoms with Crippen LogP contribution in [0.25, 0.3) is 0 Å². The molecule has 16 heavy (non-hydrogen) atoms. The zero-order valence-electron chi connectivity index (χ0n) is 8.16. The third-order valence-corrected chi connectivity index (χ3v) is 1.73. The van der Waals surface area contributed by atoms with Crippen LogP contribution in [-0.2, 0) is 12.7 Å². The number of hydrogen-bond acceptors (Lipinski definition) is 1. The minimum absolute atomic E-state index is 0. The van der Waals surface area contributed by atoms with Crippen molar-refractivity contribution < 1.29 is 13.2 Å².